The van der Waals surface area contributed by atoms with E-state index < -0.39 is 11.7 Å². The maximum Gasteiger partial charge on any atom is 0.225 e. The van der Waals surface area contributed by atoms with Gasteiger partial charge in [-0.25, -0.2) is 4.98 Å². The van der Waals surface area contributed by atoms with Crippen LogP contribution >= 0.6 is 23.2 Å². The lowest BCUT2D eigenvalue weighted by molar-refractivity contribution is -0.255. The Kier molecular flexibility index (Phi) is 4.98. The van der Waals surface area contributed by atoms with Gasteiger partial charge in [0, 0.05) is 6.04 Å². The van der Waals surface area contributed by atoms with Gasteiger partial charge in [0.25, 0.3) is 0 Å². The van der Waals surface area contributed by atoms with Crippen molar-refractivity contribution in [2.45, 2.75) is 19.1 Å². The molecular formula is C11H12Cl2N3O4-. The van der Waals surface area contributed by atoms with Crippen molar-refractivity contribution >= 4 is 35.0 Å². The van der Waals surface area contributed by atoms with Crippen LogP contribution in [0, 0.1) is 0 Å². The summed E-state index contributed by atoms with van der Waals surface area (Å²) in [4.78, 5) is 18.2. The molecule has 0 amide bonds. The number of hydrogen-bond acceptors (Lipinski definition) is 7. The molecule has 0 saturated carbocycles. The van der Waals surface area contributed by atoms with Crippen LogP contribution in [0.3, 0.4) is 0 Å². The topological polar surface area (TPSA) is 99.7 Å². The third kappa shape index (κ3) is 4.17. The van der Waals surface area contributed by atoms with Crippen molar-refractivity contribution in [3.05, 3.63) is 16.0 Å². The monoisotopic (exact) mass is 320 g/mol. The Morgan fingerprint density at radius 2 is 2.30 bits per heavy atom. The largest absolute Gasteiger partial charge is 0.543 e. The van der Waals surface area contributed by atoms with Gasteiger partial charge in [-0.1, -0.05) is 11.6 Å². The van der Waals surface area contributed by atoms with Gasteiger partial charge in [0.2, 0.25) is 5.28 Å². The molecule has 20 heavy (non-hydrogen) atoms. The minimum absolute atomic E-state index is 0.129. The number of nitrogens with one attached hydrogen (secondary N) is 1. The molecule has 1 aliphatic rings. The molecule has 1 aliphatic heterocycles. The molecule has 1 aromatic rings. The van der Waals surface area contributed by atoms with Crippen molar-refractivity contribution in [1.82, 2.24) is 9.97 Å². The summed E-state index contributed by atoms with van der Waals surface area (Å²) in [6.07, 6.45) is 0.184. The standard InChI is InChI=1S/C11H13Cl2N3O4/c1-5(2-19-3-6-4-20-6)14-9-7(12)8(10(17)18)15-11(13)16-9/h5-6H,2-4H2,1H3,(H,17,18)(H,14,15,16)/p-1/t5-,6?/m1/s1. The maximum atomic E-state index is 10.9. The quantitative estimate of drug-likeness (QED) is 0.572. The van der Waals surface area contributed by atoms with Gasteiger partial charge in [0.05, 0.1) is 25.8 Å². The molecule has 0 aliphatic carbocycles. The summed E-state index contributed by atoms with van der Waals surface area (Å²) < 4.78 is 10.4. The van der Waals surface area contributed by atoms with Crippen LogP contribution < -0.4 is 10.4 Å². The fourth-order valence-corrected chi connectivity index (χ4v) is 1.85. The Hall–Kier alpha value is -1.15. The Balaban J connectivity index is 1.98. The highest BCUT2D eigenvalue weighted by Crippen LogP contribution is 2.24. The summed E-state index contributed by atoms with van der Waals surface area (Å²) in [5.74, 6) is -1.39. The zero-order valence-electron chi connectivity index (χ0n) is 10.6. The summed E-state index contributed by atoms with van der Waals surface area (Å²) in [5, 5.41) is 13.4. The highest BCUT2D eigenvalue weighted by molar-refractivity contribution is 6.36. The van der Waals surface area contributed by atoms with E-state index in [9.17, 15) is 9.90 Å². The summed E-state index contributed by atoms with van der Waals surface area (Å²) in [6, 6.07) is -0.146. The third-order valence-corrected chi connectivity index (χ3v) is 3.00. The molecule has 1 N–H and O–H groups in total. The van der Waals surface area contributed by atoms with Crippen molar-refractivity contribution in [1.29, 1.82) is 0 Å². The smallest absolute Gasteiger partial charge is 0.225 e. The lowest BCUT2D eigenvalue weighted by atomic mass is 10.3. The number of carbonyl (C=O) groups is 1. The Labute approximate surface area is 125 Å². The predicted molar refractivity (Wildman–Crippen MR) is 70.0 cm³/mol. The minimum Gasteiger partial charge on any atom is -0.543 e. The summed E-state index contributed by atoms with van der Waals surface area (Å²) in [6.45, 7) is 3.47. The molecule has 0 spiro atoms. The van der Waals surface area contributed by atoms with Crippen LogP contribution in [0.2, 0.25) is 10.3 Å². The van der Waals surface area contributed by atoms with Crippen molar-refractivity contribution in [2.24, 2.45) is 0 Å². The lowest BCUT2D eigenvalue weighted by Crippen LogP contribution is -2.27. The Morgan fingerprint density at radius 3 is 2.90 bits per heavy atom. The first-order valence-electron chi connectivity index (χ1n) is 5.87. The first-order valence-corrected chi connectivity index (χ1v) is 6.63. The van der Waals surface area contributed by atoms with Crippen molar-refractivity contribution in [3.8, 4) is 0 Å². The fraction of sp³-hybridized carbons (Fsp3) is 0.545. The second-order valence-electron chi connectivity index (χ2n) is 4.33. The first-order chi connectivity index (χ1) is 9.47. The number of carboxylic acid groups (broad SMARTS) is 1. The molecule has 110 valence electrons. The number of hydrogen-bond donors (Lipinski definition) is 1. The maximum absolute atomic E-state index is 10.9. The normalized spacial score (nSPS) is 18.6. The molecule has 0 bridgehead atoms. The molecular weight excluding hydrogens is 309 g/mol. The average molecular weight is 321 g/mol. The second-order valence-corrected chi connectivity index (χ2v) is 5.05. The van der Waals surface area contributed by atoms with E-state index in [0.29, 0.717) is 13.2 Å². The van der Waals surface area contributed by atoms with Gasteiger partial charge in [0.1, 0.15) is 16.8 Å². The molecule has 7 nitrogen and oxygen atoms in total. The Morgan fingerprint density at radius 1 is 1.60 bits per heavy atom. The third-order valence-electron chi connectivity index (χ3n) is 2.47. The molecule has 0 radical (unpaired) electrons. The van der Waals surface area contributed by atoms with E-state index in [1.54, 1.807) is 0 Å². The van der Waals surface area contributed by atoms with Gasteiger partial charge in [0.15, 0.2) is 5.82 Å². The van der Waals surface area contributed by atoms with Crippen LogP contribution in [0.25, 0.3) is 0 Å². The summed E-state index contributed by atoms with van der Waals surface area (Å²) >= 11 is 11.5. The van der Waals surface area contributed by atoms with Crippen LogP contribution in [-0.4, -0.2) is 47.9 Å². The van der Waals surface area contributed by atoms with Gasteiger partial charge < -0.3 is 24.7 Å². The van der Waals surface area contributed by atoms with Gasteiger partial charge in [-0.15, -0.1) is 0 Å². The Bertz CT molecular complexity index is 511. The van der Waals surface area contributed by atoms with Crippen LogP contribution in [-0.2, 0) is 9.47 Å². The zero-order chi connectivity index (χ0) is 14.7. The van der Waals surface area contributed by atoms with Crippen molar-refractivity contribution < 1.29 is 19.4 Å². The SMILES string of the molecule is C[C@H](COCC1CO1)Nc1nc(Cl)nc(C(=O)[O-])c1Cl. The van der Waals surface area contributed by atoms with Crippen LogP contribution in [0.1, 0.15) is 17.4 Å². The van der Waals surface area contributed by atoms with E-state index >= 15 is 0 Å². The van der Waals surface area contributed by atoms with Crippen LogP contribution in [0.4, 0.5) is 5.82 Å². The molecule has 2 heterocycles. The number of aromatic carboxylic acids is 1. The molecule has 0 aromatic carbocycles. The number of aromatic nitrogens is 2. The molecule has 1 fully saturated rings. The number of carboxylic acids is 1. The van der Waals surface area contributed by atoms with Crippen molar-refractivity contribution in [3.63, 3.8) is 0 Å². The van der Waals surface area contributed by atoms with E-state index in [-0.39, 0.29) is 28.3 Å². The van der Waals surface area contributed by atoms with E-state index in [1.165, 1.54) is 0 Å². The fourth-order valence-electron chi connectivity index (χ4n) is 1.47. The molecule has 9 heteroatoms. The summed E-state index contributed by atoms with van der Waals surface area (Å²) in [7, 11) is 0. The average Bonchev–Trinajstić information content (AvgIpc) is 3.17. The van der Waals surface area contributed by atoms with E-state index in [2.05, 4.69) is 15.3 Å². The molecule has 1 aromatic heterocycles. The molecule has 1 unspecified atom stereocenters. The van der Waals surface area contributed by atoms with Gasteiger partial charge in [-0.3, -0.25) is 0 Å². The number of anilines is 1. The van der Waals surface area contributed by atoms with Crippen LogP contribution in [0.15, 0.2) is 0 Å². The van der Waals surface area contributed by atoms with E-state index in [1.807, 2.05) is 6.92 Å². The first kappa shape index (κ1) is 15.2. The molecule has 1 saturated heterocycles. The predicted octanol–water partition coefficient (Wildman–Crippen LogP) is 0.363. The zero-order valence-corrected chi connectivity index (χ0v) is 12.1. The minimum atomic E-state index is -1.52. The molecule has 2 rings (SSSR count). The number of carbonyl (C=O) groups excluding carboxylic acids is 1. The van der Waals surface area contributed by atoms with Crippen molar-refractivity contribution in [2.75, 3.05) is 25.1 Å². The lowest BCUT2D eigenvalue weighted by Gasteiger charge is -2.17. The number of nitrogens with zero attached hydrogens (tertiary/aromatic N) is 2. The number of ether oxygens (including phenoxy) is 2. The number of halogens is 2. The summed E-state index contributed by atoms with van der Waals surface area (Å²) in [5.41, 5.74) is -0.450. The van der Waals surface area contributed by atoms with E-state index in [4.69, 9.17) is 32.7 Å². The second kappa shape index (κ2) is 6.53. The molecule has 2 atom stereocenters. The van der Waals surface area contributed by atoms with Gasteiger partial charge in [-0.2, -0.15) is 4.98 Å². The van der Waals surface area contributed by atoms with E-state index in [0.717, 1.165) is 6.61 Å². The van der Waals surface area contributed by atoms with Crippen LogP contribution in [0.5, 0.6) is 0 Å². The highest BCUT2D eigenvalue weighted by Gasteiger charge is 2.22. The van der Waals surface area contributed by atoms with Gasteiger partial charge >= 0.3 is 0 Å². The number of rotatable bonds is 7. The number of epoxide rings is 1. The van der Waals surface area contributed by atoms with Gasteiger partial charge in [-0.05, 0) is 18.5 Å². The highest BCUT2D eigenvalue weighted by atomic mass is 35.5.